The topological polar surface area (TPSA) is 44.5 Å². The molecule has 0 aliphatic heterocycles. The van der Waals surface area contributed by atoms with Crippen molar-refractivity contribution in [2.75, 3.05) is 5.73 Å². The summed E-state index contributed by atoms with van der Waals surface area (Å²) in [5.41, 5.74) is 8.62. The highest BCUT2D eigenvalue weighted by Gasteiger charge is 2.31. The van der Waals surface area contributed by atoms with Gasteiger partial charge in [0.15, 0.2) is 0 Å². The molecule has 0 atom stereocenters. The van der Waals surface area contributed by atoms with E-state index in [0.717, 1.165) is 5.56 Å². The Bertz CT molecular complexity index is 880. The van der Waals surface area contributed by atoms with Crippen molar-refractivity contribution in [3.05, 3.63) is 78.4 Å². The Morgan fingerprint density at radius 2 is 1.54 bits per heavy atom. The van der Waals surface area contributed by atoms with E-state index in [1.54, 1.807) is 24.3 Å². The van der Waals surface area contributed by atoms with Gasteiger partial charge in [-0.3, -0.25) is 0 Å². The fraction of sp³-hybridized carbons (Fsp3) is 0.100. The number of rotatable bonds is 5. The lowest BCUT2D eigenvalue weighted by Crippen LogP contribution is -2.17. The summed E-state index contributed by atoms with van der Waals surface area (Å²) < 4.78 is 46.9. The van der Waals surface area contributed by atoms with E-state index in [0.29, 0.717) is 29.2 Å². The average Bonchev–Trinajstić information content (AvgIpc) is 2.61. The van der Waals surface area contributed by atoms with Gasteiger partial charge in [0.2, 0.25) is 0 Å². The van der Waals surface area contributed by atoms with Crippen LogP contribution in [0.4, 0.5) is 18.9 Å². The van der Waals surface area contributed by atoms with E-state index in [9.17, 15) is 13.2 Å². The minimum absolute atomic E-state index is 0.279. The molecule has 0 radical (unpaired) electrons. The number of anilines is 1. The molecule has 3 nitrogen and oxygen atoms in total. The van der Waals surface area contributed by atoms with E-state index in [1.807, 2.05) is 30.3 Å². The summed E-state index contributed by atoms with van der Waals surface area (Å²) in [6, 6.07) is 20.4. The molecule has 0 unspecified atom stereocenters. The van der Waals surface area contributed by atoms with E-state index in [2.05, 4.69) is 4.74 Å². The quantitative estimate of drug-likeness (QED) is 0.619. The third-order valence-corrected chi connectivity index (χ3v) is 3.65. The molecule has 2 N–H and O–H groups in total. The number of hydrogen-bond donors (Lipinski definition) is 1. The van der Waals surface area contributed by atoms with Gasteiger partial charge in [-0.1, -0.05) is 48.5 Å². The van der Waals surface area contributed by atoms with Crippen molar-refractivity contribution in [3.63, 3.8) is 0 Å². The Morgan fingerprint density at radius 3 is 2.27 bits per heavy atom. The van der Waals surface area contributed by atoms with E-state index in [4.69, 9.17) is 10.5 Å². The number of ether oxygens (including phenoxy) is 2. The smallest absolute Gasteiger partial charge is 0.487 e. The maximum absolute atomic E-state index is 12.4. The average molecular weight is 359 g/mol. The first kappa shape index (κ1) is 17.7. The van der Waals surface area contributed by atoms with Gasteiger partial charge in [0, 0.05) is 0 Å². The molecule has 0 aliphatic rings. The van der Waals surface area contributed by atoms with Crippen LogP contribution < -0.4 is 15.2 Å². The normalized spacial score (nSPS) is 11.2. The summed E-state index contributed by atoms with van der Waals surface area (Å²) in [4.78, 5) is 0. The molecule has 0 aromatic heterocycles. The highest BCUT2D eigenvalue weighted by Crippen LogP contribution is 2.32. The van der Waals surface area contributed by atoms with Gasteiger partial charge in [-0.05, 0) is 41.0 Å². The van der Waals surface area contributed by atoms with Crippen LogP contribution in [0.3, 0.4) is 0 Å². The van der Waals surface area contributed by atoms with Gasteiger partial charge in [-0.25, -0.2) is 0 Å². The molecule has 134 valence electrons. The van der Waals surface area contributed by atoms with Crippen molar-refractivity contribution in [2.45, 2.75) is 13.0 Å². The predicted octanol–water partition coefficient (Wildman–Crippen LogP) is 5.41. The Kier molecular flexibility index (Phi) is 5.02. The molecule has 26 heavy (non-hydrogen) atoms. The Morgan fingerprint density at radius 1 is 0.808 bits per heavy atom. The van der Waals surface area contributed by atoms with Crippen LogP contribution in [0.15, 0.2) is 72.8 Å². The molecule has 0 saturated carbocycles. The highest BCUT2D eigenvalue weighted by atomic mass is 19.4. The lowest BCUT2D eigenvalue weighted by Gasteiger charge is -2.13. The summed E-state index contributed by atoms with van der Waals surface area (Å²) in [5.74, 6) is 0.187. The van der Waals surface area contributed by atoms with E-state index in [1.165, 1.54) is 18.2 Å². The monoisotopic (exact) mass is 359 g/mol. The summed E-state index contributed by atoms with van der Waals surface area (Å²) in [5, 5.41) is 0. The van der Waals surface area contributed by atoms with Gasteiger partial charge in [0.25, 0.3) is 0 Å². The zero-order valence-corrected chi connectivity index (χ0v) is 13.7. The number of alkyl halides is 3. The molecule has 3 aromatic carbocycles. The van der Waals surface area contributed by atoms with Crippen LogP contribution >= 0.6 is 0 Å². The second-order valence-corrected chi connectivity index (χ2v) is 5.60. The lowest BCUT2D eigenvalue weighted by atomic mass is 10.0. The number of benzene rings is 3. The Balaban J connectivity index is 1.82. The fourth-order valence-electron chi connectivity index (χ4n) is 2.45. The summed E-state index contributed by atoms with van der Waals surface area (Å²) in [6.45, 7) is 0.339. The Labute approximate surface area is 148 Å². The van der Waals surface area contributed by atoms with Crippen molar-refractivity contribution in [1.29, 1.82) is 0 Å². The molecule has 3 aromatic rings. The lowest BCUT2D eigenvalue weighted by molar-refractivity contribution is -0.274. The number of nitrogen functional groups attached to an aromatic ring is 1. The predicted molar refractivity (Wildman–Crippen MR) is 93.7 cm³/mol. The molecule has 0 saturated heterocycles. The van der Waals surface area contributed by atoms with Crippen LogP contribution in [0.25, 0.3) is 11.1 Å². The van der Waals surface area contributed by atoms with Crippen molar-refractivity contribution in [3.8, 4) is 22.6 Å². The molecule has 0 amide bonds. The third kappa shape index (κ3) is 4.69. The minimum Gasteiger partial charge on any atom is -0.487 e. The second kappa shape index (κ2) is 7.39. The largest absolute Gasteiger partial charge is 0.573 e. The molecule has 6 heteroatoms. The molecule has 0 bridgehead atoms. The first-order valence-electron chi connectivity index (χ1n) is 7.83. The van der Waals surface area contributed by atoms with Gasteiger partial charge < -0.3 is 15.2 Å². The maximum Gasteiger partial charge on any atom is 0.573 e. The fourth-order valence-corrected chi connectivity index (χ4v) is 2.45. The molecule has 0 heterocycles. The van der Waals surface area contributed by atoms with Gasteiger partial charge in [-0.2, -0.15) is 0 Å². The zero-order valence-electron chi connectivity index (χ0n) is 13.7. The molecule has 0 spiro atoms. The molecule has 3 rings (SSSR count). The van der Waals surface area contributed by atoms with E-state index in [-0.39, 0.29) is 5.75 Å². The molecular formula is C20H16F3NO2. The number of halogens is 3. The van der Waals surface area contributed by atoms with Crippen molar-refractivity contribution >= 4 is 5.69 Å². The maximum atomic E-state index is 12.4. The van der Waals surface area contributed by atoms with Crippen LogP contribution in [0, 0.1) is 0 Å². The minimum atomic E-state index is -4.73. The standard InChI is InChI=1S/C20H16F3NO2/c21-20(22,23)26-17-8-4-7-15(11-17)16-9-10-18(24)19(12-16)25-13-14-5-2-1-3-6-14/h1-12H,13,24H2. The van der Waals surface area contributed by atoms with Crippen LogP contribution in [0.2, 0.25) is 0 Å². The molecular weight excluding hydrogens is 343 g/mol. The van der Waals surface area contributed by atoms with Crippen LogP contribution in [-0.4, -0.2) is 6.36 Å². The van der Waals surface area contributed by atoms with Gasteiger partial charge >= 0.3 is 6.36 Å². The molecule has 0 fully saturated rings. The zero-order chi connectivity index (χ0) is 18.6. The second-order valence-electron chi connectivity index (χ2n) is 5.60. The Hall–Kier alpha value is -3.15. The van der Waals surface area contributed by atoms with Crippen molar-refractivity contribution < 1.29 is 22.6 Å². The highest BCUT2D eigenvalue weighted by molar-refractivity contribution is 5.70. The number of hydrogen-bond acceptors (Lipinski definition) is 3. The van der Waals surface area contributed by atoms with E-state index >= 15 is 0 Å². The van der Waals surface area contributed by atoms with E-state index < -0.39 is 6.36 Å². The first-order chi connectivity index (χ1) is 12.4. The van der Waals surface area contributed by atoms with Crippen LogP contribution in [0.5, 0.6) is 11.5 Å². The summed E-state index contributed by atoms with van der Waals surface area (Å²) >= 11 is 0. The summed E-state index contributed by atoms with van der Waals surface area (Å²) in [6.07, 6.45) is -4.73. The van der Waals surface area contributed by atoms with Crippen LogP contribution in [-0.2, 0) is 6.61 Å². The van der Waals surface area contributed by atoms with Gasteiger partial charge in [0.1, 0.15) is 18.1 Å². The van der Waals surface area contributed by atoms with Gasteiger partial charge in [0.05, 0.1) is 5.69 Å². The summed E-state index contributed by atoms with van der Waals surface area (Å²) in [7, 11) is 0. The third-order valence-electron chi connectivity index (χ3n) is 3.65. The van der Waals surface area contributed by atoms with Crippen molar-refractivity contribution in [2.24, 2.45) is 0 Å². The number of nitrogens with two attached hydrogens (primary N) is 1. The SMILES string of the molecule is Nc1ccc(-c2cccc(OC(F)(F)F)c2)cc1OCc1ccccc1. The van der Waals surface area contributed by atoms with Crippen molar-refractivity contribution in [1.82, 2.24) is 0 Å². The van der Waals surface area contributed by atoms with Gasteiger partial charge in [-0.15, -0.1) is 13.2 Å². The van der Waals surface area contributed by atoms with Crippen LogP contribution in [0.1, 0.15) is 5.56 Å². The first-order valence-corrected chi connectivity index (χ1v) is 7.83. The molecule has 0 aliphatic carbocycles.